The van der Waals surface area contributed by atoms with Crippen molar-refractivity contribution in [3.63, 3.8) is 0 Å². The van der Waals surface area contributed by atoms with Crippen molar-refractivity contribution in [1.29, 1.82) is 0 Å². The Kier molecular flexibility index (Phi) is 8.83. The predicted octanol–water partition coefficient (Wildman–Crippen LogP) is 2.59. The lowest BCUT2D eigenvalue weighted by molar-refractivity contribution is -0.138. The molecule has 1 aromatic carbocycles. The van der Waals surface area contributed by atoms with Gasteiger partial charge >= 0.3 is 12.1 Å². The highest BCUT2D eigenvalue weighted by atomic mass is 32.2. The van der Waals surface area contributed by atoms with Crippen molar-refractivity contribution in [3.8, 4) is 0 Å². The average molecular weight is 394 g/mol. The average Bonchev–Trinajstić information content (AvgIpc) is 3.05. The number of carboxylic acids is 1. The van der Waals surface area contributed by atoms with E-state index in [1.54, 1.807) is 18.0 Å². The van der Waals surface area contributed by atoms with Crippen molar-refractivity contribution < 1.29 is 19.5 Å². The third kappa shape index (κ3) is 7.71. The second-order valence-electron chi connectivity index (χ2n) is 6.18. The summed E-state index contributed by atoms with van der Waals surface area (Å²) in [6.45, 7) is 3.96. The minimum absolute atomic E-state index is 0.103. The Morgan fingerprint density at radius 3 is 2.70 bits per heavy atom. The van der Waals surface area contributed by atoms with Crippen LogP contribution in [0.2, 0.25) is 0 Å². The van der Waals surface area contributed by atoms with Gasteiger partial charge in [-0.3, -0.25) is 9.63 Å². The van der Waals surface area contributed by atoms with Gasteiger partial charge in [-0.2, -0.15) is 11.8 Å². The molecular weight excluding hydrogens is 368 g/mol. The molecule has 2 rings (SSSR count). The van der Waals surface area contributed by atoms with Crippen molar-refractivity contribution in [2.24, 2.45) is 10.9 Å². The lowest BCUT2D eigenvalue weighted by Gasteiger charge is -2.13. The fourth-order valence-electron chi connectivity index (χ4n) is 1.92. The lowest BCUT2D eigenvalue weighted by atomic mass is 10.1. The van der Waals surface area contributed by atoms with Crippen molar-refractivity contribution >= 4 is 40.9 Å². The first kappa shape index (κ1) is 22.5. The quantitative estimate of drug-likeness (QED) is 0.338. The zero-order valence-corrected chi connectivity index (χ0v) is 16.7. The van der Waals surface area contributed by atoms with Gasteiger partial charge in [-0.25, -0.2) is 4.79 Å². The van der Waals surface area contributed by atoms with E-state index in [-0.39, 0.29) is 4.75 Å². The van der Waals surface area contributed by atoms with Crippen LogP contribution in [0.5, 0.6) is 0 Å². The second kappa shape index (κ2) is 10.6. The van der Waals surface area contributed by atoms with E-state index in [1.807, 2.05) is 50.6 Å². The van der Waals surface area contributed by atoms with Gasteiger partial charge in [0.15, 0.2) is 0 Å². The summed E-state index contributed by atoms with van der Waals surface area (Å²) in [5.41, 5.74) is 7.43. The number of amides is 1. The number of hydrogen-bond donors (Lipinski definition) is 4. The van der Waals surface area contributed by atoms with Gasteiger partial charge in [-0.15, -0.1) is 0 Å². The van der Waals surface area contributed by atoms with Crippen molar-refractivity contribution in [2.45, 2.75) is 31.1 Å². The van der Waals surface area contributed by atoms with E-state index >= 15 is 0 Å². The predicted molar refractivity (Wildman–Crippen MR) is 109 cm³/mol. The molecule has 0 aliphatic heterocycles. The van der Waals surface area contributed by atoms with Crippen LogP contribution < -0.4 is 11.1 Å². The van der Waals surface area contributed by atoms with Crippen LogP contribution in [-0.4, -0.2) is 52.5 Å². The number of hydrogen-bond acceptors (Lipinski definition) is 6. The van der Waals surface area contributed by atoms with Gasteiger partial charge in [0.2, 0.25) is 0 Å². The number of nitrogens with two attached hydrogens (primary N) is 1. The van der Waals surface area contributed by atoms with Crippen LogP contribution >= 0.6 is 11.8 Å². The zero-order valence-electron chi connectivity index (χ0n) is 15.9. The number of rotatable bonds is 6. The van der Waals surface area contributed by atoms with Crippen LogP contribution in [-0.2, 0) is 16.1 Å². The number of H-pyrrole nitrogens is 1. The molecule has 1 aromatic heterocycles. The molecule has 0 radical (unpaired) electrons. The normalized spacial score (nSPS) is 12.3. The summed E-state index contributed by atoms with van der Waals surface area (Å²) < 4.78 is -0.103. The summed E-state index contributed by atoms with van der Waals surface area (Å²) in [6.07, 6.45) is 5.16. The Hall–Kier alpha value is -2.52. The van der Waals surface area contributed by atoms with Gasteiger partial charge in [-0.05, 0) is 31.7 Å². The fraction of sp³-hybridized carbons (Fsp3) is 0.389. The number of thioether (sulfide) groups is 1. The molecule has 1 unspecified atom stereocenters. The maximum atomic E-state index is 10.6. The van der Waals surface area contributed by atoms with Gasteiger partial charge in [-0.1, -0.05) is 23.4 Å². The van der Waals surface area contributed by atoms with Crippen molar-refractivity contribution in [3.05, 3.63) is 36.0 Å². The Morgan fingerprint density at radius 2 is 2.11 bits per heavy atom. The van der Waals surface area contributed by atoms with E-state index in [0.29, 0.717) is 6.42 Å². The molecule has 9 heteroatoms. The van der Waals surface area contributed by atoms with Crippen LogP contribution in [0.3, 0.4) is 0 Å². The van der Waals surface area contributed by atoms with E-state index < -0.39 is 18.1 Å². The summed E-state index contributed by atoms with van der Waals surface area (Å²) in [7, 11) is 1.48. The molecule has 148 valence electrons. The fourth-order valence-corrected chi connectivity index (χ4v) is 2.07. The third-order valence-corrected chi connectivity index (χ3v) is 4.82. The summed E-state index contributed by atoms with van der Waals surface area (Å²) >= 11 is 1.63. The Morgan fingerprint density at radius 1 is 1.44 bits per heavy atom. The number of aromatic nitrogens is 1. The molecule has 1 atom stereocenters. The number of benzene rings is 1. The molecule has 1 heterocycles. The molecule has 0 aliphatic rings. The number of nitrogens with zero attached hydrogens (tertiary/aromatic N) is 1. The summed E-state index contributed by atoms with van der Waals surface area (Å²) in [4.78, 5) is 28.7. The van der Waals surface area contributed by atoms with Crippen LogP contribution in [0.15, 0.2) is 35.6 Å². The maximum Gasteiger partial charge on any atom is 0.433 e. The van der Waals surface area contributed by atoms with E-state index in [1.165, 1.54) is 7.05 Å². The summed E-state index contributed by atoms with van der Waals surface area (Å²) in [6, 6.07) is 6.91. The molecule has 2 aromatic rings. The Balaban J connectivity index is 0.000000279. The van der Waals surface area contributed by atoms with Crippen molar-refractivity contribution in [1.82, 2.24) is 10.3 Å². The molecule has 0 bridgehead atoms. The van der Waals surface area contributed by atoms with Crippen LogP contribution in [0.1, 0.15) is 19.4 Å². The van der Waals surface area contributed by atoms with Gasteiger partial charge in [0, 0.05) is 35.3 Å². The number of fused-ring (bicyclic) bond motifs is 1. The molecular formula is C18H26N4O4S. The monoisotopic (exact) mass is 394 g/mol. The van der Waals surface area contributed by atoms with E-state index in [4.69, 9.17) is 10.8 Å². The maximum absolute atomic E-state index is 10.6. The minimum atomic E-state index is -0.972. The molecule has 1 amide bonds. The highest BCUT2D eigenvalue weighted by Crippen LogP contribution is 2.19. The SMILES string of the molecule is CNC(=O)O/N=C/C(C)(C)SC.NC(Cc1c[nH]c2ccccc12)C(=O)O. The largest absolute Gasteiger partial charge is 0.480 e. The molecule has 0 aliphatic carbocycles. The Bertz CT molecular complexity index is 789. The molecule has 0 fully saturated rings. The number of carbonyl (C=O) groups excluding carboxylic acids is 1. The first-order valence-corrected chi connectivity index (χ1v) is 9.44. The number of carbonyl (C=O) groups is 2. The summed E-state index contributed by atoms with van der Waals surface area (Å²) in [5, 5.41) is 15.6. The first-order valence-electron chi connectivity index (χ1n) is 8.22. The molecule has 0 spiro atoms. The topological polar surface area (TPSA) is 130 Å². The van der Waals surface area contributed by atoms with Crippen LogP contribution in [0.4, 0.5) is 4.79 Å². The molecule has 8 nitrogen and oxygen atoms in total. The number of nitrogens with one attached hydrogen (secondary N) is 2. The lowest BCUT2D eigenvalue weighted by Crippen LogP contribution is -2.32. The summed E-state index contributed by atoms with van der Waals surface area (Å²) in [5.74, 6) is -0.972. The standard InChI is InChI=1S/C11H12N2O2.C7H14N2O2S/c12-9(11(14)15)5-7-6-13-10-4-2-1-3-8(7)10;1-7(2,12-4)5-9-11-6(10)8-3/h1-4,6,9,13H,5,12H2,(H,14,15);5H,1-4H3,(H,8,10)/b;9-5+. The van der Waals surface area contributed by atoms with Crippen LogP contribution in [0.25, 0.3) is 10.9 Å². The van der Waals surface area contributed by atoms with E-state index in [9.17, 15) is 9.59 Å². The first-order chi connectivity index (χ1) is 12.7. The zero-order chi connectivity index (χ0) is 20.4. The number of para-hydroxylation sites is 1. The number of oxime groups is 1. The minimum Gasteiger partial charge on any atom is -0.480 e. The smallest absolute Gasteiger partial charge is 0.433 e. The molecule has 5 N–H and O–H groups in total. The van der Waals surface area contributed by atoms with E-state index in [2.05, 4.69) is 20.3 Å². The van der Waals surface area contributed by atoms with Gasteiger partial charge in [0.1, 0.15) is 6.04 Å². The van der Waals surface area contributed by atoms with E-state index in [0.717, 1.165) is 16.5 Å². The van der Waals surface area contributed by atoms with Gasteiger partial charge < -0.3 is 21.1 Å². The number of aromatic amines is 1. The van der Waals surface area contributed by atoms with Gasteiger partial charge in [0.25, 0.3) is 0 Å². The molecule has 27 heavy (non-hydrogen) atoms. The number of aliphatic carboxylic acids is 1. The third-order valence-electron chi connectivity index (χ3n) is 3.66. The Labute approximate surface area is 162 Å². The van der Waals surface area contributed by atoms with Crippen LogP contribution in [0, 0.1) is 0 Å². The van der Waals surface area contributed by atoms with Crippen molar-refractivity contribution in [2.75, 3.05) is 13.3 Å². The highest BCUT2D eigenvalue weighted by Gasteiger charge is 2.14. The highest BCUT2D eigenvalue weighted by molar-refractivity contribution is 8.00. The molecule has 0 saturated carbocycles. The second-order valence-corrected chi connectivity index (χ2v) is 7.64. The number of carboxylic acid groups (broad SMARTS) is 1. The molecule has 0 saturated heterocycles. The van der Waals surface area contributed by atoms with Gasteiger partial charge in [0.05, 0.1) is 6.21 Å².